The summed E-state index contributed by atoms with van der Waals surface area (Å²) >= 11 is 0. The Kier molecular flexibility index (Phi) is 3.85. The minimum atomic E-state index is -4.38. The van der Waals surface area contributed by atoms with Crippen molar-refractivity contribution in [3.63, 3.8) is 0 Å². The predicted octanol–water partition coefficient (Wildman–Crippen LogP) is 3.89. The fraction of sp³-hybridized carbons (Fsp3) is 0.357. The molecule has 0 radical (unpaired) electrons. The van der Waals surface area contributed by atoms with E-state index in [-0.39, 0.29) is 5.92 Å². The number of aryl methyl sites for hydroxylation is 1. The van der Waals surface area contributed by atoms with Crippen molar-refractivity contribution in [2.45, 2.75) is 25.9 Å². The Hall–Kier alpha value is -2.18. The molecule has 0 unspecified atom stereocenters. The summed E-state index contributed by atoms with van der Waals surface area (Å²) < 4.78 is 39.6. The summed E-state index contributed by atoms with van der Waals surface area (Å²) in [6, 6.07) is 4.97. The molecule has 2 rings (SSSR count). The predicted molar refractivity (Wildman–Crippen MR) is 76.4 cm³/mol. The SMILES string of the molecule is CC(C)c1nn(C)c(Nc2cccc(C(F)(F)F)c2)c1N. The van der Waals surface area contributed by atoms with Gasteiger partial charge in [0, 0.05) is 12.7 Å². The number of hydrogen-bond acceptors (Lipinski definition) is 3. The van der Waals surface area contributed by atoms with Gasteiger partial charge in [-0.15, -0.1) is 0 Å². The Labute approximate surface area is 120 Å². The van der Waals surface area contributed by atoms with Crippen molar-refractivity contribution in [3.8, 4) is 0 Å². The van der Waals surface area contributed by atoms with Gasteiger partial charge in [0.25, 0.3) is 0 Å². The number of halogens is 3. The Balaban J connectivity index is 2.35. The van der Waals surface area contributed by atoms with Gasteiger partial charge in [-0.2, -0.15) is 18.3 Å². The molecule has 0 atom stereocenters. The van der Waals surface area contributed by atoms with Crippen molar-refractivity contribution < 1.29 is 13.2 Å². The first-order valence-electron chi connectivity index (χ1n) is 6.46. The molecule has 0 spiro atoms. The molecule has 4 nitrogen and oxygen atoms in total. The molecule has 3 N–H and O–H groups in total. The highest BCUT2D eigenvalue weighted by molar-refractivity contribution is 5.72. The summed E-state index contributed by atoms with van der Waals surface area (Å²) in [5, 5.41) is 7.19. The number of nitrogens with two attached hydrogens (primary N) is 1. The van der Waals surface area contributed by atoms with Gasteiger partial charge in [-0.1, -0.05) is 19.9 Å². The third-order valence-corrected chi connectivity index (χ3v) is 3.11. The lowest BCUT2D eigenvalue weighted by Crippen LogP contribution is -2.06. The maximum Gasteiger partial charge on any atom is 0.416 e. The Bertz CT molecular complexity index is 644. The molecule has 1 aromatic heterocycles. The molecule has 0 amide bonds. The maximum absolute atomic E-state index is 12.7. The van der Waals surface area contributed by atoms with Crippen LogP contribution in [0.1, 0.15) is 31.0 Å². The average Bonchev–Trinajstić information content (AvgIpc) is 2.66. The van der Waals surface area contributed by atoms with Crippen LogP contribution in [0.25, 0.3) is 0 Å². The molecule has 114 valence electrons. The minimum Gasteiger partial charge on any atom is -0.394 e. The standard InChI is InChI=1S/C14H17F3N4/c1-8(2)12-11(18)13(21(3)20-12)19-10-6-4-5-9(7-10)14(15,16)17/h4-8,19H,18H2,1-3H3. The van der Waals surface area contributed by atoms with Crippen molar-refractivity contribution in [2.24, 2.45) is 7.05 Å². The highest BCUT2D eigenvalue weighted by atomic mass is 19.4. The van der Waals surface area contributed by atoms with Crippen LogP contribution in [0.2, 0.25) is 0 Å². The fourth-order valence-electron chi connectivity index (χ4n) is 2.05. The molecule has 0 aliphatic carbocycles. The molecule has 0 bridgehead atoms. The molecule has 0 aliphatic rings. The van der Waals surface area contributed by atoms with E-state index in [1.165, 1.54) is 10.7 Å². The van der Waals surface area contributed by atoms with Crippen LogP contribution in [0.5, 0.6) is 0 Å². The van der Waals surface area contributed by atoms with E-state index in [1.54, 1.807) is 13.1 Å². The first-order chi connectivity index (χ1) is 9.70. The fourth-order valence-corrected chi connectivity index (χ4v) is 2.05. The van der Waals surface area contributed by atoms with E-state index >= 15 is 0 Å². The summed E-state index contributed by atoms with van der Waals surface area (Å²) in [4.78, 5) is 0. The van der Waals surface area contributed by atoms with E-state index in [2.05, 4.69) is 10.4 Å². The monoisotopic (exact) mass is 298 g/mol. The number of nitrogens with zero attached hydrogens (tertiary/aromatic N) is 2. The number of rotatable bonds is 3. The number of benzene rings is 1. The van der Waals surface area contributed by atoms with Crippen molar-refractivity contribution >= 4 is 17.2 Å². The molecule has 21 heavy (non-hydrogen) atoms. The summed E-state index contributed by atoms with van der Waals surface area (Å²) in [6.45, 7) is 3.90. The second kappa shape index (κ2) is 5.31. The summed E-state index contributed by atoms with van der Waals surface area (Å²) in [6.07, 6.45) is -4.38. The van der Waals surface area contributed by atoms with Crippen molar-refractivity contribution in [1.82, 2.24) is 9.78 Å². The van der Waals surface area contributed by atoms with Crippen LogP contribution >= 0.6 is 0 Å². The summed E-state index contributed by atoms with van der Waals surface area (Å²) in [5.74, 6) is 0.617. The second-order valence-electron chi connectivity index (χ2n) is 5.13. The van der Waals surface area contributed by atoms with Crippen molar-refractivity contribution in [3.05, 3.63) is 35.5 Å². The quantitative estimate of drug-likeness (QED) is 0.904. The van der Waals surface area contributed by atoms with Crippen LogP contribution in [0.3, 0.4) is 0 Å². The largest absolute Gasteiger partial charge is 0.416 e. The van der Waals surface area contributed by atoms with Crippen LogP contribution in [-0.2, 0) is 13.2 Å². The van der Waals surface area contributed by atoms with Gasteiger partial charge in [0.15, 0.2) is 5.82 Å². The van der Waals surface area contributed by atoms with Crippen molar-refractivity contribution in [1.29, 1.82) is 0 Å². The second-order valence-corrected chi connectivity index (χ2v) is 5.13. The zero-order chi connectivity index (χ0) is 15.8. The summed E-state index contributed by atoms with van der Waals surface area (Å²) in [5.41, 5.74) is 6.78. The molecule has 1 aromatic carbocycles. The zero-order valence-corrected chi connectivity index (χ0v) is 12.0. The van der Waals surface area contributed by atoms with E-state index in [0.29, 0.717) is 22.9 Å². The normalized spacial score (nSPS) is 12.0. The van der Waals surface area contributed by atoms with E-state index < -0.39 is 11.7 Å². The molecule has 2 aromatic rings. The van der Waals surface area contributed by atoms with E-state index in [0.717, 1.165) is 12.1 Å². The van der Waals surface area contributed by atoms with Crippen LogP contribution in [-0.4, -0.2) is 9.78 Å². The lowest BCUT2D eigenvalue weighted by atomic mass is 10.1. The number of hydrogen-bond donors (Lipinski definition) is 2. The minimum absolute atomic E-state index is 0.133. The summed E-state index contributed by atoms with van der Waals surface area (Å²) in [7, 11) is 1.69. The van der Waals surface area contributed by atoms with Crippen LogP contribution in [0.4, 0.5) is 30.4 Å². The topological polar surface area (TPSA) is 55.9 Å². The maximum atomic E-state index is 12.7. The smallest absolute Gasteiger partial charge is 0.394 e. The van der Waals surface area contributed by atoms with Gasteiger partial charge in [-0.25, -0.2) is 0 Å². The Morgan fingerprint density at radius 3 is 2.48 bits per heavy atom. The lowest BCUT2D eigenvalue weighted by Gasteiger charge is -2.11. The molecule has 0 saturated heterocycles. The van der Waals surface area contributed by atoms with Gasteiger partial charge >= 0.3 is 6.18 Å². The van der Waals surface area contributed by atoms with Gasteiger partial charge in [0.1, 0.15) is 0 Å². The van der Waals surface area contributed by atoms with E-state index in [4.69, 9.17) is 5.73 Å². The van der Waals surface area contributed by atoms with E-state index in [1.807, 2.05) is 13.8 Å². The van der Waals surface area contributed by atoms with Gasteiger partial charge in [-0.3, -0.25) is 4.68 Å². The molecular weight excluding hydrogens is 281 g/mol. The average molecular weight is 298 g/mol. The first-order valence-corrected chi connectivity index (χ1v) is 6.46. The van der Waals surface area contributed by atoms with Gasteiger partial charge in [0.2, 0.25) is 0 Å². The zero-order valence-electron chi connectivity index (χ0n) is 12.0. The number of nitrogen functional groups attached to an aromatic ring is 1. The first kappa shape index (κ1) is 15.2. The lowest BCUT2D eigenvalue weighted by molar-refractivity contribution is -0.137. The van der Waals surface area contributed by atoms with Gasteiger partial charge in [-0.05, 0) is 24.1 Å². The molecule has 0 aliphatic heterocycles. The van der Waals surface area contributed by atoms with Crippen LogP contribution in [0.15, 0.2) is 24.3 Å². The van der Waals surface area contributed by atoms with Crippen LogP contribution < -0.4 is 11.1 Å². The Morgan fingerprint density at radius 1 is 1.29 bits per heavy atom. The molecular formula is C14H17F3N4. The van der Waals surface area contributed by atoms with E-state index in [9.17, 15) is 13.2 Å². The van der Waals surface area contributed by atoms with Crippen molar-refractivity contribution in [2.75, 3.05) is 11.1 Å². The molecule has 1 heterocycles. The number of alkyl halides is 3. The number of nitrogens with one attached hydrogen (secondary N) is 1. The third kappa shape index (κ3) is 3.12. The molecule has 0 saturated carbocycles. The van der Waals surface area contributed by atoms with Gasteiger partial charge in [0.05, 0.1) is 16.9 Å². The third-order valence-electron chi connectivity index (χ3n) is 3.11. The van der Waals surface area contributed by atoms with Crippen LogP contribution in [0, 0.1) is 0 Å². The number of aromatic nitrogens is 2. The van der Waals surface area contributed by atoms with Gasteiger partial charge < -0.3 is 11.1 Å². The Morgan fingerprint density at radius 2 is 1.95 bits per heavy atom. The highest BCUT2D eigenvalue weighted by Crippen LogP contribution is 2.33. The number of anilines is 3. The highest BCUT2D eigenvalue weighted by Gasteiger charge is 2.30. The molecule has 7 heteroatoms. The molecule has 0 fully saturated rings.